The van der Waals surface area contributed by atoms with Crippen molar-refractivity contribution < 1.29 is 4.79 Å². The summed E-state index contributed by atoms with van der Waals surface area (Å²) in [6.07, 6.45) is 1.57. The smallest absolute Gasteiger partial charge is 0.220 e. The fourth-order valence-electron chi connectivity index (χ4n) is 2.53. The molecule has 1 fully saturated rings. The van der Waals surface area contributed by atoms with Gasteiger partial charge in [0.15, 0.2) is 0 Å². The fourth-order valence-corrected chi connectivity index (χ4v) is 3.60. The van der Waals surface area contributed by atoms with Crippen molar-refractivity contribution in [3.05, 3.63) is 35.2 Å². The van der Waals surface area contributed by atoms with Crippen molar-refractivity contribution in [2.45, 2.75) is 31.8 Å². The van der Waals surface area contributed by atoms with Crippen molar-refractivity contribution in [1.82, 2.24) is 10.6 Å². The minimum Gasteiger partial charge on any atom is -0.355 e. The number of hydrogen-bond donors (Lipinski definition) is 2. The van der Waals surface area contributed by atoms with Gasteiger partial charge in [-0.3, -0.25) is 4.79 Å². The lowest BCUT2D eigenvalue weighted by atomic mass is 10.1. The number of carbonyl (C=O) groups excluding carboxylic acids is 1. The highest BCUT2D eigenvalue weighted by atomic mass is 32.1. The van der Waals surface area contributed by atoms with Crippen LogP contribution in [0.15, 0.2) is 30.3 Å². The second kappa shape index (κ2) is 5.31. The lowest BCUT2D eigenvalue weighted by Gasteiger charge is -2.26. The van der Waals surface area contributed by atoms with Crippen molar-refractivity contribution >= 4 is 27.3 Å². The monoisotopic (exact) mass is 274 g/mol. The van der Waals surface area contributed by atoms with Gasteiger partial charge in [0.2, 0.25) is 5.91 Å². The molecule has 1 saturated heterocycles. The summed E-state index contributed by atoms with van der Waals surface area (Å²) in [5.74, 6) is 0.174. The molecule has 3 rings (SSSR count). The van der Waals surface area contributed by atoms with E-state index in [-0.39, 0.29) is 5.91 Å². The molecule has 19 heavy (non-hydrogen) atoms. The predicted molar refractivity (Wildman–Crippen MR) is 79.4 cm³/mol. The normalized spacial score (nSPS) is 21.3. The Kier molecular flexibility index (Phi) is 3.53. The highest BCUT2D eigenvalue weighted by Crippen LogP contribution is 2.30. The number of benzene rings is 1. The molecular formula is C15H18N2OS. The van der Waals surface area contributed by atoms with Gasteiger partial charge in [-0.05, 0) is 30.9 Å². The van der Waals surface area contributed by atoms with E-state index in [9.17, 15) is 4.79 Å². The Hall–Kier alpha value is -1.39. The molecule has 1 aromatic carbocycles. The van der Waals surface area contributed by atoms with Gasteiger partial charge in [0.1, 0.15) is 0 Å². The molecule has 0 spiro atoms. The maximum absolute atomic E-state index is 11.1. The molecule has 4 heteroatoms. The molecule has 0 radical (unpaired) electrons. The summed E-state index contributed by atoms with van der Waals surface area (Å²) in [4.78, 5) is 12.5. The summed E-state index contributed by atoms with van der Waals surface area (Å²) in [5.41, 5.74) is 0. The third-order valence-electron chi connectivity index (χ3n) is 3.62. The van der Waals surface area contributed by atoms with Gasteiger partial charge in [0.25, 0.3) is 0 Å². The average Bonchev–Trinajstić information content (AvgIpc) is 2.85. The van der Waals surface area contributed by atoms with E-state index in [0.29, 0.717) is 18.5 Å². The van der Waals surface area contributed by atoms with Crippen molar-refractivity contribution in [2.24, 2.45) is 0 Å². The maximum Gasteiger partial charge on any atom is 0.220 e. The van der Waals surface area contributed by atoms with Crippen LogP contribution in [0.4, 0.5) is 0 Å². The Bertz CT molecular complexity index is 550. The van der Waals surface area contributed by atoms with Crippen molar-refractivity contribution in [1.29, 1.82) is 0 Å². The summed E-state index contributed by atoms with van der Waals surface area (Å²) in [5, 5.41) is 7.84. The Balaban J connectivity index is 1.69. The van der Waals surface area contributed by atoms with E-state index in [1.165, 1.54) is 15.0 Å². The van der Waals surface area contributed by atoms with Gasteiger partial charge in [-0.1, -0.05) is 18.2 Å². The molecule has 0 saturated carbocycles. The predicted octanol–water partition coefficient (Wildman–Crippen LogP) is 2.83. The SMILES string of the molecule is CC(NC1CCC(=O)NC1)c1cc2ccccc2s1. The van der Waals surface area contributed by atoms with Crippen LogP contribution >= 0.6 is 11.3 Å². The number of amides is 1. The van der Waals surface area contributed by atoms with Gasteiger partial charge >= 0.3 is 0 Å². The van der Waals surface area contributed by atoms with Gasteiger partial charge in [-0.15, -0.1) is 11.3 Å². The first-order valence-corrected chi connectivity index (χ1v) is 7.55. The molecule has 1 aliphatic rings. The average molecular weight is 274 g/mol. The number of piperidine rings is 1. The first-order chi connectivity index (χ1) is 9.22. The number of rotatable bonds is 3. The first-order valence-electron chi connectivity index (χ1n) is 6.73. The van der Waals surface area contributed by atoms with Crippen LogP contribution in [0.3, 0.4) is 0 Å². The Morgan fingerprint density at radius 3 is 3.00 bits per heavy atom. The summed E-state index contributed by atoms with van der Waals surface area (Å²) in [6, 6.07) is 11.5. The number of thiophene rings is 1. The molecule has 2 atom stereocenters. The standard InChI is InChI=1S/C15H18N2OS/c1-10(17-12-6-7-15(18)16-9-12)14-8-11-4-2-3-5-13(11)19-14/h2-5,8,10,12,17H,6-7,9H2,1H3,(H,16,18). The zero-order chi connectivity index (χ0) is 13.2. The van der Waals surface area contributed by atoms with Crippen LogP contribution in [0.5, 0.6) is 0 Å². The van der Waals surface area contributed by atoms with Crippen LogP contribution in [0.2, 0.25) is 0 Å². The van der Waals surface area contributed by atoms with Gasteiger partial charge in [-0.2, -0.15) is 0 Å². The molecule has 2 heterocycles. The Morgan fingerprint density at radius 1 is 1.42 bits per heavy atom. The van der Waals surface area contributed by atoms with E-state index in [4.69, 9.17) is 0 Å². The minimum absolute atomic E-state index is 0.174. The zero-order valence-corrected chi connectivity index (χ0v) is 11.8. The highest BCUT2D eigenvalue weighted by molar-refractivity contribution is 7.19. The molecule has 0 aliphatic carbocycles. The number of fused-ring (bicyclic) bond motifs is 1. The topological polar surface area (TPSA) is 41.1 Å². The van der Waals surface area contributed by atoms with E-state index in [2.05, 4.69) is 47.9 Å². The Morgan fingerprint density at radius 2 is 2.26 bits per heavy atom. The van der Waals surface area contributed by atoms with Crippen LogP contribution in [-0.4, -0.2) is 18.5 Å². The largest absolute Gasteiger partial charge is 0.355 e. The van der Waals surface area contributed by atoms with Crippen LogP contribution < -0.4 is 10.6 Å². The minimum atomic E-state index is 0.174. The van der Waals surface area contributed by atoms with Crippen molar-refractivity contribution in [2.75, 3.05) is 6.54 Å². The van der Waals surface area contributed by atoms with Gasteiger partial charge in [-0.25, -0.2) is 0 Å². The van der Waals surface area contributed by atoms with E-state index >= 15 is 0 Å². The van der Waals surface area contributed by atoms with Crippen molar-refractivity contribution in [3.63, 3.8) is 0 Å². The molecule has 1 amide bonds. The number of carbonyl (C=O) groups is 1. The quantitative estimate of drug-likeness (QED) is 0.903. The van der Waals surface area contributed by atoms with E-state index in [0.717, 1.165) is 13.0 Å². The fraction of sp³-hybridized carbons (Fsp3) is 0.400. The number of hydrogen-bond acceptors (Lipinski definition) is 3. The first kappa shape index (κ1) is 12.6. The third kappa shape index (κ3) is 2.80. The maximum atomic E-state index is 11.1. The summed E-state index contributed by atoms with van der Waals surface area (Å²) in [7, 11) is 0. The zero-order valence-electron chi connectivity index (χ0n) is 11.0. The van der Waals surface area contributed by atoms with Crippen LogP contribution in [0.1, 0.15) is 30.7 Å². The van der Waals surface area contributed by atoms with Crippen LogP contribution in [0.25, 0.3) is 10.1 Å². The number of nitrogens with one attached hydrogen (secondary N) is 2. The van der Waals surface area contributed by atoms with Gasteiger partial charge in [0.05, 0.1) is 0 Å². The molecule has 2 unspecified atom stereocenters. The van der Waals surface area contributed by atoms with Crippen molar-refractivity contribution in [3.8, 4) is 0 Å². The Labute approximate surface area is 117 Å². The van der Waals surface area contributed by atoms with Crippen LogP contribution in [0, 0.1) is 0 Å². The van der Waals surface area contributed by atoms with Crippen LogP contribution in [-0.2, 0) is 4.79 Å². The second-order valence-electron chi connectivity index (χ2n) is 5.11. The summed E-state index contributed by atoms with van der Waals surface area (Å²) in [6.45, 7) is 2.94. The lowest BCUT2D eigenvalue weighted by Crippen LogP contribution is -2.46. The molecule has 1 aliphatic heterocycles. The highest BCUT2D eigenvalue weighted by Gasteiger charge is 2.20. The van der Waals surface area contributed by atoms with Gasteiger partial charge < -0.3 is 10.6 Å². The lowest BCUT2D eigenvalue weighted by molar-refractivity contribution is -0.122. The molecule has 2 N–H and O–H groups in total. The molecular weight excluding hydrogens is 256 g/mol. The molecule has 1 aromatic heterocycles. The van der Waals surface area contributed by atoms with E-state index in [1.807, 2.05) is 11.3 Å². The second-order valence-corrected chi connectivity index (χ2v) is 6.23. The van der Waals surface area contributed by atoms with E-state index in [1.54, 1.807) is 0 Å². The third-order valence-corrected chi connectivity index (χ3v) is 4.92. The molecule has 0 bridgehead atoms. The van der Waals surface area contributed by atoms with E-state index < -0.39 is 0 Å². The summed E-state index contributed by atoms with van der Waals surface area (Å²) < 4.78 is 1.34. The molecule has 2 aromatic rings. The summed E-state index contributed by atoms with van der Waals surface area (Å²) >= 11 is 1.84. The van der Waals surface area contributed by atoms with Gasteiger partial charge in [0, 0.05) is 34.6 Å². The molecule has 3 nitrogen and oxygen atoms in total. The molecule has 100 valence electrons.